The van der Waals surface area contributed by atoms with Crippen LogP contribution in [0.15, 0.2) is 42.5 Å². The predicted octanol–water partition coefficient (Wildman–Crippen LogP) is 4.27. The molecule has 22 heavy (non-hydrogen) atoms. The molecule has 0 spiro atoms. The minimum Gasteiger partial charge on any atom is -0.337 e. The van der Waals surface area contributed by atoms with E-state index < -0.39 is 0 Å². The van der Waals surface area contributed by atoms with Crippen LogP contribution in [0.2, 0.25) is 5.02 Å². The molecule has 0 saturated carbocycles. The Morgan fingerprint density at radius 3 is 2.82 bits per heavy atom. The van der Waals surface area contributed by atoms with Gasteiger partial charge in [-0.2, -0.15) is 0 Å². The Kier molecular flexibility index (Phi) is 4.44. The molecule has 3 rings (SSSR count). The van der Waals surface area contributed by atoms with E-state index in [0.717, 1.165) is 30.8 Å². The number of amides is 1. The Bertz CT molecular complexity index is 686. The lowest BCUT2D eigenvalue weighted by Gasteiger charge is -2.30. The number of nitrogens with zero attached hydrogens (tertiary/aromatic N) is 2. The molecule has 1 atom stereocenters. The Morgan fingerprint density at radius 2 is 2.05 bits per heavy atom. The number of hydrogen-bond donors (Lipinski definition) is 0. The highest BCUT2D eigenvalue weighted by atomic mass is 35.5. The van der Waals surface area contributed by atoms with E-state index in [1.807, 2.05) is 41.3 Å². The Morgan fingerprint density at radius 1 is 1.23 bits per heavy atom. The van der Waals surface area contributed by atoms with Crippen molar-refractivity contribution >= 4 is 17.5 Å². The van der Waals surface area contributed by atoms with Crippen LogP contribution in [0.1, 0.15) is 30.3 Å². The van der Waals surface area contributed by atoms with Crippen molar-refractivity contribution in [2.24, 2.45) is 5.92 Å². The lowest BCUT2D eigenvalue weighted by Crippen LogP contribution is -2.39. The van der Waals surface area contributed by atoms with Crippen LogP contribution < -0.4 is 0 Å². The molecule has 1 aliphatic rings. The van der Waals surface area contributed by atoms with Gasteiger partial charge in [-0.15, -0.1) is 0 Å². The summed E-state index contributed by atoms with van der Waals surface area (Å²) in [4.78, 5) is 19.1. The van der Waals surface area contributed by atoms with Crippen LogP contribution in [0.4, 0.5) is 0 Å². The van der Waals surface area contributed by atoms with Crippen LogP contribution in [-0.4, -0.2) is 28.9 Å². The summed E-state index contributed by atoms with van der Waals surface area (Å²) in [5.74, 6) is 0.574. The molecule has 1 amide bonds. The summed E-state index contributed by atoms with van der Waals surface area (Å²) in [5.41, 5.74) is 2.08. The molecule has 1 fully saturated rings. The normalized spacial score (nSPS) is 18.3. The third-order valence-electron chi connectivity index (χ3n) is 4.06. The van der Waals surface area contributed by atoms with Crippen LogP contribution in [0.5, 0.6) is 0 Å². The number of piperidine rings is 1. The molecule has 114 valence electrons. The van der Waals surface area contributed by atoms with E-state index >= 15 is 0 Å². The van der Waals surface area contributed by atoms with Crippen molar-refractivity contribution in [3.05, 3.63) is 53.2 Å². The van der Waals surface area contributed by atoms with Gasteiger partial charge in [0.05, 0.1) is 5.69 Å². The molecule has 1 aliphatic heterocycles. The quantitative estimate of drug-likeness (QED) is 0.829. The van der Waals surface area contributed by atoms with E-state index in [-0.39, 0.29) is 5.91 Å². The number of carbonyl (C=O) groups excluding carboxylic acids is 1. The highest BCUT2D eigenvalue weighted by Gasteiger charge is 2.23. The first-order valence-electron chi connectivity index (χ1n) is 7.66. The van der Waals surface area contributed by atoms with E-state index in [1.165, 1.54) is 6.42 Å². The second-order valence-electron chi connectivity index (χ2n) is 5.89. The fourth-order valence-corrected chi connectivity index (χ4v) is 3.14. The number of hydrogen-bond acceptors (Lipinski definition) is 2. The summed E-state index contributed by atoms with van der Waals surface area (Å²) >= 11 is 6.22. The number of rotatable bonds is 2. The fourth-order valence-electron chi connectivity index (χ4n) is 2.91. The van der Waals surface area contributed by atoms with Crippen molar-refractivity contribution in [1.29, 1.82) is 0 Å². The van der Waals surface area contributed by atoms with E-state index in [2.05, 4.69) is 11.9 Å². The molecule has 1 saturated heterocycles. The van der Waals surface area contributed by atoms with Gasteiger partial charge in [-0.05, 0) is 37.0 Å². The predicted molar refractivity (Wildman–Crippen MR) is 89.0 cm³/mol. The summed E-state index contributed by atoms with van der Waals surface area (Å²) in [6, 6.07) is 13.1. The minimum atomic E-state index is 0.0143. The van der Waals surface area contributed by atoms with E-state index in [0.29, 0.717) is 16.6 Å². The van der Waals surface area contributed by atoms with Gasteiger partial charge in [0.15, 0.2) is 0 Å². The second kappa shape index (κ2) is 6.49. The lowest BCUT2D eigenvalue weighted by molar-refractivity contribution is 0.0677. The van der Waals surface area contributed by atoms with Gasteiger partial charge in [0.2, 0.25) is 0 Å². The third-order valence-corrected chi connectivity index (χ3v) is 4.39. The van der Waals surface area contributed by atoms with Crippen molar-refractivity contribution in [3.8, 4) is 11.3 Å². The van der Waals surface area contributed by atoms with E-state index in [1.54, 1.807) is 6.07 Å². The molecule has 1 unspecified atom stereocenters. The SMILES string of the molecule is CC1CCCN(C(=O)c2cccc(-c3ccccc3Cl)n2)C1. The maximum absolute atomic E-state index is 12.6. The van der Waals surface area contributed by atoms with Gasteiger partial charge in [0.25, 0.3) is 5.91 Å². The van der Waals surface area contributed by atoms with Gasteiger partial charge in [-0.1, -0.05) is 42.8 Å². The molecule has 0 aliphatic carbocycles. The number of carbonyl (C=O) groups is 1. The smallest absolute Gasteiger partial charge is 0.272 e. The molecular weight excluding hydrogens is 296 g/mol. The monoisotopic (exact) mass is 314 g/mol. The molecule has 4 heteroatoms. The first kappa shape index (κ1) is 15.0. The zero-order valence-corrected chi connectivity index (χ0v) is 13.4. The first-order chi connectivity index (χ1) is 10.6. The van der Waals surface area contributed by atoms with Gasteiger partial charge < -0.3 is 4.90 Å². The number of aromatic nitrogens is 1. The number of halogens is 1. The number of benzene rings is 1. The van der Waals surface area contributed by atoms with Gasteiger partial charge in [-0.3, -0.25) is 4.79 Å². The third kappa shape index (κ3) is 3.14. The maximum Gasteiger partial charge on any atom is 0.272 e. The summed E-state index contributed by atoms with van der Waals surface area (Å²) in [6.45, 7) is 3.82. The highest BCUT2D eigenvalue weighted by molar-refractivity contribution is 6.33. The van der Waals surface area contributed by atoms with Crippen LogP contribution in [0.25, 0.3) is 11.3 Å². The largest absolute Gasteiger partial charge is 0.337 e. The number of likely N-dealkylation sites (tertiary alicyclic amines) is 1. The van der Waals surface area contributed by atoms with Crippen LogP contribution in [-0.2, 0) is 0 Å². The summed E-state index contributed by atoms with van der Waals surface area (Å²) < 4.78 is 0. The average molecular weight is 315 g/mol. The van der Waals surface area contributed by atoms with Crippen molar-refractivity contribution in [2.45, 2.75) is 19.8 Å². The Hall–Kier alpha value is -1.87. The molecule has 2 aromatic rings. The van der Waals surface area contributed by atoms with Crippen molar-refractivity contribution in [1.82, 2.24) is 9.88 Å². The summed E-state index contributed by atoms with van der Waals surface area (Å²) in [7, 11) is 0. The van der Waals surface area contributed by atoms with Crippen molar-refractivity contribution in [2.75, 3.05) is 13.1 Å². The molecular formula is C18H19ClN2O. The molecule has 1 aromatic heterocycles. The molecule has 0 bridgehead atoms. The zero-order valence-electron chi connectivity index (χ0n) is 12.6. The molecule has 2 heterocycles. The molecule has 3 nitrogen and oxygen atoms in total. The van der Waals surface area contributed by atoms with Crippen LogP contribution in [0.3, 0.4) is 0 Å². The summed E-state index contributed by atoms with van der Waals surface area (Å²) in [5, 5.41) is 0.645. The fraction of sp³-hybridized carbons (Fsp3) is 0.333. The van der Waals surface area contributed by atoms with Crippen molar-refractivity contribution < 1.29 is 4.79 Å². The van der Waals surface area contributed by atoms with Crippen LogP contribution >= 0.6 is 11.6 Å². The molecule has 0 radical (unpaired) electrons. The first-order valence-corrected chi connectivity index (χ1v) is 8.04. The van der Waals surface area contributed by atoms with Gasteiger partial charge in [-0.25, -0.2) is 4.98 Å². The van der Waals surface area contributed by atoms with E-state index in [9.17, 15) is 4.79 Å². The van der Waals surface area contributed by atoms with Crippen LogP contribution in [0, 0.1) is 5.92 Å². The molecule has 1 aromatic carbocycles. The van der Waals surface area contributed by atoms with Gasteiger partial charge in [0.1, 0.15) is 5.69 Å². The average Bonchev–Trinajstić information content (AvgIpc) is 2.55. The zero-order chi connectivity index (χ0) is 15.5. The maximum atomic E-state index is 12.6. The topological polar surface area (TPSA) is 33.2 Å². The lowest BCUT2D eigenvalue weighted by atomic mass is 10.00. The number of pyridine rings is 1. The second-order valence-corrected chi connectivity index (χ2v) is 6.29. The Balaban J connectivity index is 1.88. The standard InChI is InChI=1S/C18H19ClN2O/c1-13-6-5-11-21(12-13)18(22)17-10-4-9-16(20-17)14-7-2-3-8-15(14)19/h2-4,7-10,13H,5-6,11-12H2,1H3. The Labute approximate surface area is 135 Å². The van der Waals surface area contributed by atoms with Gasteiger partial charge >= 0.3 is 0 Å². The minimum absolute atomic E-state index is 0.0143. The van der Waals surface area contributed by atoms with Gasteiger partial charge in [0, 0.05) is 23.7 Å². The van der Waals surface area contributed by atoms with E-state index in [4.69, 9.17) is 11.6 Å². The highest BCUT2D eigenvalue weighted by Crippen LogP contribution is 2.26. The molecule has 0 N–H and O–H groups in total. The summed E-state index contributed by atoms with van der Waals surface area (Å²) in [6.07, 6.45) is 2.26. The van der Waals surface area contributed by atoms with Crippen molar-refractivity contribution in [3.63, 3.8) is 0 Å².